The highest BCUT2D eigenvalue weighted by Gasteiger charge is 2.41. The van der Waals surface area contributed by atoms with Gasteiger partial charge >= 0.3 is 11.9 Å². The molecule has 3 aromatic rings. The Morgan fingerprint density at radius 3 is 2.74 bits per heavy atom. The lowest BCUT2D eigenvalue weighted by Crippen LogP contribution is -2.42. The molecule has 4 rings (SSSR count). The first-order valence-corrected chi connectivity index (χ1v) is 11.7. The molecule has 1 saturated heterocycles. The second kappa shape index (κ2) is 10.0. The number of pyridine rings is 1. The van der Waals surface area contributed by atoms with Gasteiger partial charge in [-0.1, -0.05) is 0 Å². The summed E-state index contributed by atoms with van der Waals surface area (Å²) in [6.45, 7) is 5.26. The molecule has 1 aromatic carbocycles. The summed E-state index contributed by atoms with van der Waals surface area (Å²) in [6, 6.07) is 4.56. The molecule has 1 atom stereocenters. The third-order valence-corrected chi connectivity index (χ3v) is 5.80. The van der Waals surface area contributed by atoms with Gasteiger partial charge < -0.3 is 23.9 Å². The van der Waals surface area contributed by atoms with Gasteiger partial charge in [0.15, 0.2) is 17.6 Å². The van der Waals surface area contributed by atoms with E-state index >= 15 is 0 Å². The summed E-state index contributed by atoms with van der Waals surface area (Å²) in [5.41, 5.74) is 0.258. The summed E-state index contributed by atoms with van der Waals surface area (Å²) in [5.74, 6) is -3.13. The number of rotatable bonds is 7. The van der Waals surface area contributed by atoms with E-state index in [1.807, 2.05) is 22.6 Å². The molecule has 1 N–H and O–H groups in total. The van der Waals surface area contributed by atoms with Gasteiger partial charge in [-0.3, -0.25) is 14.6 Å². The lowest BCUT2D eigenvalue weighted by Gasteiger charge is -2.25. The molecular weight excluding hydrogens is 576 g/mol. The molecule has 186 valence electrons. The molecule has 0 bridgehead atoms. The summed E-state index contributed by atoms with van der Waals surface area (Å²) in [7, 11) is 1.30. The largest absolute Gasteiger partial charge is 0.462 e. The first kappa shape index (κ1) is 25.3. The molecule has 1 aliphatic rings. The monoisotopic (exact) mass is 599 g/mol. The smallest absolute Gasteiger partial charge is 0.343 e. The molecule has 1 fully saturated rings. The SMILES string of the molecule is CCOC(=O)c1cncc2c(Nc3ccc(I)cc3F)c(C(=O)N(OC)[C@H]3COC(C)(C)O3)oc12. The quantitative estimate of drug-likeness (QED) is 0.237. The molecule has 2 aromatic heterocycles. The van der Waals surface area contributed by atoms with Gasteiger partial charge in [-0.15, -0.1) is 0 Å². The molecule has 3 heterocycles. The number of nitrogens with zero attached hydrogens (tertiary/aromatic N) is 2. The highest BCUT2D eigenvalue weighted by atomic mass is 127. The maximum atomic E-state index is 14.7. The average molecular weight is 599 g/mol. The van der Waals surface area contributed by atoms with Crippen molar-refractivity contribution in [1.29, 1.82) is 0 Å². The summed E-state index contributed by atoms with van der Waals surface area (Å²) in [5, 5.41) is 4.15. The van der Waals surface area contributed by atoms with E-state index in [1.165, 1.54) is 31.6 Å². The molecular formula is C23H23FIN3O7. The van der Waals surface area contributed by atoms with E-state index in [-0.39, 0.29) is 46.9 Å². The van der Waals surface area contributed by atoms with Crippen LogP contribution < -0.4 is 5.32 Å². The molecule has 12 heteroatoms. The zero-order valence-electron chi connectivity index (χ0n) is 19.4. The summed E-state index contributed by atoms with van der Waals surface area (Å²) >= 11 is 1.99. The van der Waals surface area contributed by atoms with Crippen molar-refractivity contribution in [2.24, 2.45) is 0 Å². The van der Waals surface area contributed by atoms with Crippen LogP contribution in [-0.4, -0.2) is 54.3 Å². The normalized spacial score (nSPS) is 16.9. The number of nitrogens with one attached hydrogen (secondary N) is 1. The maximum Gasteiger partial charge on any atom is 0.343 e. The van der Waals surface area contributed by atoms with E-state index in [4.69, 9.17) is 23.5 Å². The fourth-order valence-corrected chi connectivity index (χ4v) is 4.03. The molecule has 0 saturated carbocycles. The number of hydroxylamine groups is 2. The van der Waals surface area contributed by atoms with E-state index < -0.39 is 29.7 Å². The number of aromatic nitrogens is 1. The van der Waals surface area contributed by atoms with Gasteiger partial charge in [-0.05, 0) is 61.6 Å². The van der Waals surface area contributed by atoms with Crippen molar-refractivity contribution in [2.45, 2.75) is 32.8 Å². The van der Waals surface area contributed by atoms with Gasteiger partial charge in [0.1, 0.15) is 17.1 Å². The standard InChI is InChI=1S/C23H23FIN3O7/c1-5-32-22(30)14-10-26-9-13-18(27-16-7-6-12(25)8-15(16)24)20(34-19(13)14)21(29)28(31-4)17-11-33-23(2,3)35-17/h6-10,17,27H,5,11H2,1-4H3/t17-/m1/s1. The number of hydrogen-bond acceptors (Lipinski definition) is 9. The van der Waals surface area contributed by atoms with Crippen molar-refractivity contribution in [2.75, 3.05) is 25.6 Å². The van der Waals surface area contributed by atoms with Crippen molar-refractivity contribution in [3.8, 4) is 0 Å². The molecule has 10 nitrogen and oxygen atoms in total. The fourth-order valence-electron chi connectivity index (χ4n) is 3.58. The first-order chi connectivity index (χ1) is 16.6. The van der Waals surface area contributed by atoms with Crippen LogP contribution in [0.1, 0.15) is 41.7 Å². The van der Waals surface area contributed by atoms with Gasteiger partial charge in [-0.25, -0.2) is 9.18 Å². The van der Waals surface area contributed by atoms with Gasteiger partial charge in [0.25, 0.3) is 0 Å². The van der Waals surface area contributed by atoms with Crippen LogP contribution in [0.2, 0.25) is 0 Å². The third kappa shape index (κ3) is 5.10. The summed E-state index contributed by atoms with van der Waals surface area (Å²) in [4.78, 5) is 35.5. The van der Waals surface area contributed by atoms with Crippen molar-refractivity contribution in [3.05, 3.63) is 51.3 Å². The Kier molecular flexibility index (Phi) is 7.26. The Hall–Kier alpha value is -2.81. The van der Waals surface area contributed by atoms with Gasteiger partial charge in [0, 0.05) is 16.0 Å². The van der Waals surface area contributed by atoms with E-state index in [2.05, 4.69) is 10.3 Å². The number of hydrogen-bond donors (Lipinski definition) is 1. The number of halogens is 2. The fraction of sp³-hybridized carbons (Fsp3) is 0.348. The van der Waals surface area contributed by atoms with Crippen LogP contribution in [0.5, 0.6) is 0 Å². The molecule has 0 unspecified atom stereocenters. The van der Waals surface area contributed by atoms with Gasteiger partial charge in [-0.2, -0.15) is 5.06 Å². The van der Waals surface area contributed by atoms with E-state index in [0.717, 1.165) is 5.06 Å². The Morgan fingerprint density at radius 2 is 2.11 bits per heavy atom. The second-order valence-corrected chi connectivity index (χ2v) is 9.18. The Labute approximate surface area is 213 Å². The number of anilines is 2. The topological polar surface area (TPSA) is 112 Å². The van der Waals surface area contributed by atoms with Crippen molar-refractivity contribution in [1.82, 2.24) is 10.0 Å². The highest BCUT2D eigenvalue weighted by molar-refractivity contribution is 14.1. The second-order valence-electron chi connectivity index (χ2n) is 7.94. The lowest BCUT2D eigenvalue weighted by atomic mass is 10.2. The number of carbonyl (C=O) groups is 2. The van der Waals surface area contributed by atoms with Crippen molar-refractivity contribution < 1.29 is 37.4 Å². The molecule has 0 aliphatic carbocycles. The third-order valence-electron chi connectivity index (χ3n) is 5.13. The molecule has 1 aliphatic heterocycles. The lowest BCUT2D eigenvalue weighted by molar-refractivity contribution is -0.219. The van der Waals surface area contributed by atoms with E-state index in [0.29, 0.717) is 3.57 Å². The maximum absolute atomic E-state index is 14.7. The van der Waals surface area contributed by atoms with Crippen LogP contribution in [0.25, 0.3) is 11.0 Å². The minimum absolute atomic E-state index is 0.0140. The van der Waals surface area contributed by atoms with Crippen LogP contribution in [-0.2, 0) is 19.0 Å². The van der Waals surface area contributed by atoms with Crippen LogP contribution in [0, 0.1) is 9.39 Å². The molecule has 35 heavy (non-hydrogen) atoms. The minimum Gasteiger partial charge on any atom is -0.462 e. The Morgan fingerprint density at radius 1 is 1.34 bits per heavy atom. The summed E-state index contributed by atoms with van der Waals surface area (Å²) < 4.78 is 37.7. The number of fused-ring (bicyclic) bond motifs is 1. The Balaban J connectivity index is 1.84. The first-order valence-electron chi connectivity index (χ1n) is 10.6. The number of furan rings is 1. The van der Waals surface area contributed by atoms with E-state index in [9.17, 15) is 14.0 Å². The molecule has 1 amide bonds. The van der Waals surface area contributed by atoms with Crippen molar-refractivity contribution >= 4 is 56.8 Å². The van der Waals surface area contributed by atoms with Crippen molar-refractivity contribution in [3.63, 3.8) is 0 Å². The van der Waals surface area contributed by atoms with Gasteiger partial charge in [0.05, 0.1) is 31.4 Å². The average Bonchev–Trinajstić information content (AvgIpc) is 3.36. The molecule has 0 spiro atoms. The number of carbonyl (C=O) groups excluding carboxylic acids is 2. The molecule has 0 radical (unpaired) electrons. The number of amides is 1. The zero-order valence-corrected chi connectivity index (χ0v) is 21.5. The predicted molar refractivity (Wildman–Crippen MR) is 130 cm³/mol. The Bertz CT molecular complexity index is 1280. The highest BCUT2D eigenvalue weighted by Crippen LogP contribution is 2.37. The van der Waals surface area contributed by atoms with Gasteiger partial charge in [0.2, 0.25) is 5.76 Å². The number of ether oxygens (including phenoxy) is 3. The zero-order chi connectivity index (χ0) is 25.3. The summed E-state index contributed by atoms with van der Waals surface area (Å²) in [6.07, 6.45) is 1.81. The minimum atomic E-state index is -0.929. The van der Waals surface area contributed by atoms with Crippen LogP contribution in [0.15, 0.2) is 35.0 Å². The van der Waals surface area contributed by atoms with Crippen LogP contribution >= 0.6 is 22.6 Å². The number of benzene rings is 1. The number of esters is 1. The van der Waals surface area contributed by atoms with Crippen LogP contribution in [0.3, 0.4) is 0 Å². The predicted octanol–water partition coefficient (Wildman–Crippen LogP) is 4.60. The van der Waals surface area contributed by atoms with E-state index in [1.54, 1.807) is 26.8 Å². The van der Waals surface area contributed by atoms with Crippen LogP contribution in [0.4, 0.5) is 15.8 Å².